The monoisotopic (exact) mass is 160 g/mol. The molecule has 5 nitrogen and oxygen atoms in total. The van der Waals surface area contributed by atoms with Crippen LogP contribution < -0.4 is 0 Å². The number of carboxylic acid groups (broad SMARTS) is 1. The molecular weight excluding hydrogens is 152 g/mol. The van der Waals surface area contributed by atoms with Gasteiger partial charge in [0.15, 0.2) is 5.57 Å². The van der Waals surface area contributed by atoms with E-state index in [-0.39, 0.29) is 12.9 Å². The van der Waals surface area contributed by atoms with Gasteiger partial charge in [0.05, 0.1) is 6.61 Å². The summed E-state index contributed by atoms with van der Waals surface area (Å²) in [4.78, 5) is 20.7. The van der Waals surface area contributed by atoms with E-state index in [1.165, 1.54) is 6.92 Å². The van der Waals surface area contributed by atoms with Crippen LogP contribution in [0.3, 0.4) is 0 Å². The van der Waals surface area contributed by atoms with Crippen molar-refractivity contribution in [2.24, 2.45) is 0 Å². The topological polar surface area (TPSA) is 83.8 Å². The fourth-order valence-electron chi connectivity index (χ4n) is 0.404. The van der Waals surface area contributed by atoms with Gasteiger partial charge in [-0.05, 0) is 6.92 Å². The van der Waals surface area contributed by atoms with Crippen molar-refractivity contribution in [1.82, 2.24) is 0 Å². The van der Waals surface area contributed by atoms with E-state index in [0.29, 0.717) is 0 Å². The third-order valence-corrected chi connectivity index (χ3v) is 0.855. The zero-order valence-electron chi connectivity index (χ0n) is 5.90. The molecule has 0 saturated carbocycles. The summed E-state index contributed by atoms with van der Waals surface area (Å²) < 4.78 is 4.31. The fourth-order valence-corrected chi connectivity index (χ4v) is 0.404. The highest BCUT2D eigenvalue weighted by molar-refractivity contribution is 6.12. The number of carbonyl (C=O) groups is 2. The Hall–Kier alpha value is -1.52. The average Bonchev–Trinajstić information content (AvgIpc) is 1.88. The van der Waals surface area contributed by atoms with Crippen LogP contribution in [0.15, 0.2) is 11.8 Å². The number of aliphatic hydroxyl groups is 1. The smallest absolute Gasteiger partial charge is 0.348 e. The molecule has 0 saturated heterocycles. The Morgan fingerprint density at radius 1 is 1.55 bits per heavy atom. The molecule has 62 valence electrons. The van der Waals surface area contributed by atoms with Crippen molar-refractivity contribution < 1.29 is 24.5 Å². The second-order valence-corrected chi connectivity index (χ2v) is 1.57. The van der Waals surface area contributed by atoms with Crippen molar-refractivity contribution in [3.63, 3.8) is 0 Å². The van der Waals surface area contributed by atoms with Gasteiger partial charge in [0.25, 0.3) is 0 Å². The van der Waals surface area contributed by atoms with Gasteiger partial charge in [-0.25, -0.2) is 9.59 Å². The number of carbonyl (C=O) groups excluding carboxylic acids is 1. The molecule has 0 atom stereocenters. The van der Waals surface area contributed by atoms with E-state index in [4.69, 9.17) is 10.2 Å². The summed E-state index contributed by atoms with van der Waals surface area (Å²) in [6.07, 6.45) is 0.209. The van der Waals surface area contributed by atoms with Crippen LogP contribution in [-0.2, 0) is 14.3 Å². The van der Waals surface area contributed by atoms with Crippen molar-refractivity contribution in [2.75, 3.05) is 6.61 Å². The first-order valence-corrected chi connectivity index (χ1v) is 2.88. The minimum Gasteiger partial charge on any atom is -0.514 e. The summed E-state index contributed by atoms with van der Waals surface area (Å²) in [6.45, 7) is 1.61. The van der Waals surface area contributed by atoms with Gasteiger partial charge in [-0.15, -0.1) is 0 Å². The lowest BCUT2D eigenvalue weighted by Crippen LogP contribution is -2.15. The van der Waals surface area contributed by atoms with Crippen molar-refractivity contribution in [3.05, 3.63) is 11.8 Å². The third-order valence-electron chi connectivity index (χ3n) is 0.855. The molecule has 0 aromatic rings. The molecule has 0 unspecified atom stereocenters. The van der Waals surface area contributed by atoms with E-state index in [9.17, 15) is 9.59 Å². The lowest BCUT2D eigenvalue weighted by atomic mass is 10.3. The first kappa shape index (κ1) is 9.48. The van der Waals surface area contributed by atoms with Crippen LogP contribution in [0.4, 0.5) is 0 Å². The maximum Gasteiger partial charge on any atom is 0.348 e. The van der Waals surface area contributed by atoms with E-state index in [0.717, 1.165) is 0 Å². The van der Waals surface area contributed by atoms with Gasteiger partial charge < -0.3 is 14.9 Å². The summed E-state index contributed by atoms with van der Waals surface area (Å²) in [7, 11) is 0. The van der Waals surface area contributed by atoms with Crippen LogP contribution in [0, 0.1) is 0 Å². The molecule has 2 N–H and O–H groups in total. The molecule has 0 spiro atoms. The number of hydrogen-bond donors (Lipinski definition) is 2. The van der Waals surface area contributed by atoms with Crippen LogP contribution in [0.25, 0.3) is 0 Å². The van der Waals surface area contributed by atoms with Gasteiger partial charge in [-0.1, -0.05) is 0 Å². The maximum atomic E-state index is 10.6. The molecule has 0 aliphatic heterocycles. The predicted octanol–water partition coefficient (Wildman–Crippen LogP) is 0.0760. The number of aliphatic carboxylic acids is 1. The van der Waals surface area contributed by atoms with Crippen LogP contribution in [0.5, 0.6) is 0 Å². The first-order chi connectivity index (χ1) is 5.13. The normalized spacial score (nSPS) is 10.8. The largest absolute Gasteiger partial charge is 0.514 e. The second kappa shape index (κ2) is 4.32. The summed E-state index contributed by atoms with van der Waals surface area (Å²) in [6, 6.07) is 0. The number of carboxylic acids is 1. The molecule has 0 fully saturated rings. The average molecular weight is 160 g/mol. The summed E-state index contributed by atoms with van der Waals surface area (Å²) in [5, 5.41) is 16.5. The van der Waals surface area contributed by atoms with Gasteiger partial charge in [0, 0.05) is 0 Å². The Labute approximate surface area is 62.9 Å². The Balaban J connectivity index is 4.29. The van der Waals surface area contributed by atoms with Crippen molar-refractivity contribution >= 4 is 11.9 Å². The lowest BCUT2D eigenvalue weighted by molar-refractivity contribution is -0.144. The molecule has 0 aromatic heterocycles. The van der Waals surface area contributed by atoms with Crippen LogP contribution in [0.1, 0.15) is 6.92 Å². The highest BCUT2D eigenvalue weighted by Gasteiger charge is 2.18. The number of esters is 1. The molecule has 11 heavy (non-hydrogen) atoms. The fraction of sp³-hybridized carbons (Fsp3) is 0.333. The molecule has 0 heterocycles. The Morgan fingerprint density at radius 3 is 2.36 bits per heavy atom. The lowest BCUT2D eigenvalue weighted by Gasteiger charge is -1.99. The van der Waals surface area contributed by atoms with Gasteiger partial charge in [-0.2, -0.15) is 0 Å². The molecule has 0 aromatic carbocycles. The Bertz CT molecular complexity index is 193. The zero-order chi connectivity index (χ0) is 8.85. The van der Waals surface area contributed by atoms with E-state index in [2.05, 4.69) is 4.74 Å². The van der Waals surface area contributed by atoms with Crippen molar-refractivity contribution in [1.29, 1.82) is 0 Å². The van der Waals surface area contributed by atoms with Gasteiger partial charge >= 0.3 is 11.9 Å². The Morgan fingerprint density at radius 2 is 2.09 bits per heavy atom. The maximum absolute atomic E-state index is 10.6. The molecule has 0 radical (unpaired) electrons. The highest BCUT2D eigenvalue weighted by Crippen LogP contribution is 1.96. The van der Waals surface area contributed by atoms with Crippen molar-refractivity contribution in [2.45, 2.75) is 6.92 Å². The van der Waals surface area contributed by atoms with E-state index in [1.54, 1.807) is 0 Å². The zero-order valence-corrected chi connectivity index (χ0v) is 5.90. The SMILES string of the molecule is CCOC(=O)C(=CO)C(=O)O. The Kier molecular flexibility index (Phi) is 3.72. The standard InChI is InChI=1S/C6H8O5/c1-2-11-6(10)4(3-7)5(8)9/h3,7H,2H2,1H3,(H,8,9). The minimum atomic E-state index is -1.51. The van der Waals surface area contributed by atoms with Gasteiger partial charge in [-0.3, -0.25) is 0 Å². The van der Waals surface area contributed by atoms with E-state index in [1.807, 2.05) is 0 Å². The molecule has 0 aliphatic rings. The molecule has 0 aliphatic carbocycles. The quantitative estimate of drug-likeness (QED) is 0.201. The third kappa shape index (κ3) is 2.70. The molecule has 0 bridgehead atoms. The van der Waals surface area contributed by atoms with E-state index >= 15 is 0 Å². The second-order valence-electron chi connectivity index (χ2n) is 1.57. The molecular formula is C6H8O5. The molecule has 0 rings (SSSR count). The molecule has 5 heteroatoms. The minimum absolute atomic E-state index is 0.0729. The summed E-state index contributed by atoms with van der Waals surface area (Å²) >= 11 is 0. The summed E-state index contributed by atoms with van der Waals surface area (Å²) in [5.74, 6) is -2.55. The van der Waals surface area contributed by atoms with E-state index < -0.39 is 17.5 Å². The molecule has 0 amide bonds. The number of ether oxygens (including phenoxy) is 1. The van der Waals surface area contributed by atoms with Crippen LogP contribution in [-0.4, -0.2) is 28.8 Å². The summed E-state index contributed by atoms with van der Waals surface area (Å²) in [5.41, 5.74) is -0.771. The predicted molar refractivity (Wildman–Crippen MR) is 35.0 cm³/mol. The number of rotatable bonds is 3. The number of aliphatic hydroxyl groups excluding tert-OH is 1. The van der Waals surface area contributed by atoms with Gasteiger partial charge in [0.1, 0.15) is 6.26 Å². The van der Waals surface area contributed by atoms with Crippen LogP contribution >= 0.6 is 0 Å². The van der Waals surface area contributed by atoms with Gasteiger partial charge in [0.2, 0.25) is 0 Å². The number of hydrogen-bond acceptors (Lipinski definition) is 4. The highest BCUT2D eigenvalue weighted by atomic mass is 16.5. The van der Waals surface area contributed by atoms with Crippen LogP contribution in [0.2, 0.25) is 0 Å². The first-order valence-electron chi connectivity index (χ1n) is 2.88. The van der Waals surface area contributed by atoms with Crippen molar-refractivity contribution in [3.8, 4) is 0 Å².